The smallest absolute Gasteiger partial charge is 0.449 e. The Kier molecular flexibility index (Phi) is 5.34. The van der Waals surface area contributed by atoms with E-state index >= 15 is 0 Å². The molecule has 2 aliphatic carbocycles. The summed E-state index contributed by atoms with van der Waals surface area (Å²) in [5.41, 5.74) is 6.86. The molecule has 2 saturated carbocycles. The van der Waals surface area contributed by atoms with Gasteiger partial charge in [0, 0.05) is 22.6 Å². The zero-order valence-corrected chi connectivity index (χ0v) is 20.6. The molecule has 0 saturated heterocycles. The molecule has 1 aliphatic heterocycles. The van der Waals surface area contributed by atoms with Crippen LogP contribution in [0.5, 0.6) is 5.75 Å². The van der Waals surface area contributed by atoms with Crippen LogP contribution in [0.25, 0.3) is 33.8 Å². The molecule has 8 nitrogen and oxygen atoms in total. The monoisotopic (exact) mass is 495 g/mol. The van der Waals surface area contributed by atoms with E-state index in [-0.39, 0.29) is 0 Å². The predicted octanol–water partition coefficient (Wildman–Crippen LogP) is 6.36. The third-order valence-corrected chi connectivity index (χ3v) is 8.03. The van der Waals surface area contributed by atoms with E-state index in [2.05, 4.69) is 45.2 Å². The molecule has 7 rings (SSSR count). The van der Waals surface area contributed by atoms with Crippen LogP contribution in [0.15, 0.2) is 42.5 Å². The molecule has 2 fully saturated rings. The van der Waals surface area contributed by atoms with Crippen LogP contribution in [0.1, 0.15) is 67.8 Å². The van der Waals surface area contributed by atoms with E-state index in [9.17, 15) is 9.90 Å². The second-order valence-corrected chi connectivity index (χ2v) is 10.6. The minimum Gasteiger partial charge on any atom is -0.449 e. The highest BCUT2D eigenvalue weighted by Crippen LogP contribution is 2.47. The number of tetrazole rings is 1. The highest BCUT2D eigenvalue weighted by Gasteiger charge is 2.30. The topological polar surface area (TPSA) is 95.1 Å². The summed E-state index contributed by atoms with van der Waals surface area (Å²) in [6, 6.07) is 14.2. The third-order valence-electron chi connectivity index (χ3n) is 8.03. The lowest BCUT2D eigenvalue weighted by molar-refractivity contribution is 0.144. The predicted molar refractivity (Wildman–Crippen MR) is 140 cm³/mol. The van der Waals surface area contributed by atoms with Crippen molar-refractivity contribution >= 4 is 28.7 Å². The Balaban J connectivity index is 1.43. The van der Waals surface area contributed by atoms with E-state index < -0.39 is 6.16 Å². The second-order valence-electron chi connectivity index (χ2n) is 10.6. The van der Waals surface area contributed by atoms with Gasteiger partial charge >= 0.3 is 6.16 Å². The molecule has 3 heterocycles. The Morgan fingerprint density at radius 1 is 1.05 bits per heavy atom. The van der Waals surface area contributed by atoms with Gasteiger partial charge in [0.1, 0.15) is 5.75 Å². The van der Waals surface area contributed by atoms with Gasteiger partial charge in [0.05, 0.1) is 24.3 Å². The molecule has 8 heteroatoms. The van der Waals surface area contributed by atoms with Crippen LogP contribution in [0.4, 0.5) is 4.79 Å². The van der Waals surface area contributed by atoms with E-state index in [4.69, 9.17) is 9.84 Å². The molecule has 4 aromatic rings. The zero-order valence-electron chi connectivity index (χ0n) is 20.6. The maximum atomic E-state index is 11.3. The van der Waals surface area contributed by atoms with Crippen molar-refractivity contribution in [3.05, 3.63) is 59.4 Å². The van der Waals surface area contributed by atoms with Crippen molar-refractivity contribution in [2.45, 2.75) is 64.0 Å². The molecule has 0 spiro atoms. The second kappa shape index (κ2) is 8.87. The molecular weight excluding hydrogens is 466 g/mol. The largest absolute Gasteiger partial charge is 0.511 e. The lowest BCUT2D eigenvalue weighted by Gasteiger charge is -2.24. The molecule has 0 amide bonds. The van der Waals surface area contributed by atoms with Crippen LogP contribution >= 0.6 is 0 Å². The molecule has 3 aliphatic rings. The number of hydrogen-bond donors (Lipinski definition) is 1. The number of hydrogen-bond acceptors (Lipinski definition) is 5. The van der Waals surface area contributed by atoms with Crippen LogP contribution in [0.2, 0.25) is 0 Å². The van der Waals surface area contributed by atoms with Crippen molar-refractivity contribution in [1.82, 2.24) is 24.8 Å². The van der Waals surface area contributed by atoms with Crippen LogP contribution in [-0.2, 0) is 13.1 Å². The molecule has 188 valence electrons. The summed E-state index contributed by atoms with van der Waals surface area (Å²) in [5, 5.41) is 24.0. The van der Waals surface area contributed by atoms with Crippen LogP contribution in [0, 0.1) is 5.92 Å². The van der Waals surface area contributed by atoms with Gasteiger partial charge < -0.3 is 14.4 Å². The highest BCUT2D eigenvalue weighted by atomic mass is 16.7. The molecule has 2 aromatic heterocycles. The number of rotatable bonds is 5. The zero-order chi connectivity index (χ0) is 24.9. The van der Waals surface area contributed by atoms with Gasteiger partial charge in [-0.2, -0.15) is 4.80 Å². The Morgan fingerprint density at radius 2 is 1.89 bits per heavy atom. The van der Waals surface area contributed by atoms with Gasteiger partial charge in [0.2, 0.25) is 5.82 Å². The fourth-order valence-electron chi connectivity index (χ4n) is 6.14. The van der Waals surface area contributed by atoms with E-state index in [1.807, 2.05) is 12.1 Å². The van der Waals surface area contributed by atoms with Crippen LogP contribution in [-0.4, -0.2) is 36.0 Å². The van der Waals surface area contributed by atoms with E-state index in [0.717, 1.165) is 23.2 Å². The number of aromatic nitrogens is 5. The van der Waals surface area contributed by atoms with Gasteiger partial charge in [-0.05, 0) is 72.1 Å². The van der Waals surface area contributed by atoms with Crippen LogP contribution in [0.3, 0.4) is 0 Å². The first-order valence-corrected chi connectivity index (χ1v) is 13.3. The lowest BCUT2D eigenvalue weighted by atomic mass is 9.81. The van der Waals surface area contributed by atoms with Gasteiger partial charge in [-0.3, -0.25) is 0 Å². The number of nitrogens with zero attached hydrogens (tertiary/aromatic N) is 5. The molecular formula is C29H29N5O3. The minimum absolute atomic E-state index is 0.326. The quantitative estimate of drug-likeness (QED) is 0.256. The first-order valence-electron chi connectivity index (χ1n) is 13.3. The average molecular weight is 496 g/mol. The summed E-state index contributed by atoms with van der Waals surface area (Å²) in [5.74, 6) is 2.09. The Morgan fingerprint density at radius 3 is 2.70 bits per heavy atom. The molecule has 0 atom stereocenters. The molecule has 37 heavy (non-hydrogen) atoms. The van der Waals surface area contributed by atoms with Crippen molar-refractivity contribution in [3.63, 3.8) is 0 Å². The summed E-state index contributed by atoms with van der Waals surface area (Å²) in [6.07, 6.45) is 9.43. The normalized spacial score (nSPS) is 17.7. The molecule has 0 unspecified atom stereocenters. The third kappa shape index (κ3) is 4.10. The van der Waals surface area contributed by atoms with Crippen molar-refractivity contribution in [2.24, 2.45) is 5.92 Å². The van der Waals surface area contributed by atoms with Crippen LogP contribution < -0.4 is 4.74 Å². The van der Waals surface area contributed by atoms with E-state index in [1.54, 1.807) is 10.9 Å². The van der Waals surface area contributed by atoms with E-state index in [1.165, 1.54) is 67.2 Å². The first-order chi connectivity index (χ1) is 18.1. The van der Waals surface area contributed by atoms with Crippen molar-refractivity contribution in [2.75, 3.05) is 0 Å². The van der Waals surface area contributed by atoms with Gasteiger partial charge in [0.15, 0.2) is 0 Å². The highest BCUT2D eigenvalue weighted by molar-refractivity contribution is 5.98. The van der Waals surface area contributed by atoms with Gasteiger partial charge in [-0.25, -0.2) is 4.79 Å². The number of ether oxygens (including phenoxy) is 1. The Bertz CT molecular complexity index is 1540. The van der Waals surface area contributed by atoms with Gasteiger partial charge in [0.25, 0.3) is 0 Å². The molecule has 0 radical (unpaired) electrons. The number of carbonyl (C=O) groups is 1. The standard InChI is InChI=1S/C29H29N5O3/c35-29(36)37-22-12-13-24-25(15-22)33-17-21(28-30-32-34(31-28)16-18-10-11-18)14-20-8-4-5-9-23(20)27(33)26(24)19-6-2-1-3-7-19/h4-5,8-9,12-15,18-19H,1-3,6-7,10-11,16-17H2,(H,35,36). The maximum absolute atomic E-state index is 11.3. The van der Waals surface area contributed by atoms with E-state index in [0.29, 0.717) is 30.0 Å². The number of benzene rings is 2. The van der Waals surface area contributed by atoms with Gasteiger partial charge in [-0.15, -0.1) is 10.2 Å². The summed E-state index contributed by atoms with van der Waals surface area (Å²) in [7, 11) is 0. The summed E-state index contributed by atoms with van der Waals surface area (Å²) < 4.78 is 7.39. The average Bonchev–Trinajstić information content (AvgIpc) is 3.55. The number of fused-ring (bicyclic) bond motifs is 5. The maximum Gasteiger partial charge on any atom is 0.511 e. The van der Waals surface area contributed by atoms with Crippen molar-refractivity contribution in [3.8, 4) is 17.0 Å². The molecule has 2 aromatic carbocycles. The van der Waals surface area contributed by atoms with Crippen molar-refractivity contribution in [1.29, 1.82) is 0 Å². The SMILES string of the molecule is O=C(O)Oc1ccc2c(C3CCCCC3)c3n(c2c1)CC(c1nnn(CC2CC2)n1)=Cc1ccccc1-3. The summed E-state index contributed by atoms with van der Waals surface area (Å²) in [6.45, 7) is 1.38. The Labute approximate surface area is 214 Å². The fraction of sp³-hybridized carbons (Fsp3) is 0.379. The summed E-state index contributed by atoms with van der Waals surface area (Å²) in [4.78, 5) is 13.0. The van der Waals surface area contributed by atoms with Crippen molar-refractivity contribution < 1.29 is 14.6 Å². The summed E-state index contributed by atoms with van der Waals surface area (Å²) >= 11 is 0. The molecule has 0 bridgehead atoms. The van der Waals surface area contributed by atoms with Gasteiger partial charge in [-0.1, -0.05) is 43.5 Å². The molecule has 1 N–H and O–H groups in total. The Hall–Kier alpha value is -3.94. The number of allylic oxidation sites excluding steroid dienone is 1. The first kappa shape index (κ1) is 22.3. The minimum atomic E-state index is -1.31. The fourth-order valence-corrected chi connectivity index (χ4v) is 6.14. The number of carboxylic acid groups (broad SMARTS) is 1. The lowest BCUT2D eigenvalue weighted by Crippen LogP contribution is -2.08.